The molecule has 198 valence electrons. The molecule has 9 heteroatoms. The van der Waals surface area contributed by atoms with Crippen molar-refractivity contribution in [2.45, 2.75) is 58.5 Å². The van der Waals surface area contributed by atoms with Crippen LogP contribution in [-0.4, -0.2) is 57.6 Å². The summed E-state index contributed by atoms with van der Waals surface area (Å²) in [4.78, 5) is 28.0. The van der Waals surface area contributed by atoms with E-state index in [1.165, 1.54) is 11.4 Å². The lowest BCUT2D eigenvalue weighted by Crippen LogP contribution is -2.49. The summed E-state index contributed by atoms with van der Waals surface area (Å²) in [5, 5.41) is 2.95. The molecule has 2 aromatic carbocycles. The van der Waals surface area contributed by atoms with E-state index in [2.05, 4.69) is 12.2 Å². The van der Waals surface area contributed by atoms with Gasteiger partial charge in [0.1, 0.15) is 11.8 Å². The third kappa shape index (κ3) is 8.86. The summed E-state index contributed by atoms with van der Waals surface area (Å²) in [5.41, 5.74) is 1.41. The minimum atomic E-state index is -3.57. The molecule has 0 heterocycles. The van der Waals surface area contributed by atoms with Crippen molar-refractivity contribution >= 4 is 27.5 Å². The molecule has 0 aromatic heterocycles. The van der Waals surface area contributed by atoms with Crippen molar-refractivity contribution in [1.82, 2.24) is 10.2 Å². The van der Waals surface area contributed by atoms with E-state index in [9.17, 15) is 18.0 Å². The van der Waals surface area contributed by atoms with Crippen LogP contribution in [-0.2, 0) is 26.2 Å². The third-order valence-electron chi connectivity index (χ3n) is 5.90. The van der Waals surface area contributed by atoms with Gasteiger partial charge in [-0.25, -0.2) is 8.42 Å². The standard InChI is InChI=1S/C27H39N3O5S/c1-5-7-18-28-27(32)25(6-2)29(21-22-13-9-8-10-14-22)26(31)17-12-19-30(36(4,33)34)23-15-11-16-24(20-23)35-3/h8-11,13-16,20,25H,5-7,12,17-19,21H2,1-4H3,(H,28,32). The molecular formula is C27H39N3O5S. The molecule has 2 rings (SSSR count). The SMILES string of the molecule is CCCCNC(=O)C(CC)N(Cc1ccccc1)C(=O)CCCN(c1cccc(OC)c1)S(C)(=O)=O. The number of hydrogen-bond acceptors (Lipinski definition) is 5. The lowest BCUT2D eigenvalue weighted by Gasteiger charge is -2.31. The summed E-state index contributed by atoms with van der Waals surface area (Å²) < 4.78 is 31.5. The number of carbonyl (C=O) groups is 2. The van der Waals surface area contributed by atoms with Gasteiger partial charge < -0.3 is 15.0 Å². The van der Waals surface area contributed by atoms with Gasteiger partial charge in [-0.1, -0.05) is 56.7 Å². The largest absolute Gasteiger partial charge is 0.497 e. The van der Waals surface area contributed by atoms with Crippen LogP contribution in [0.5, 0.6) is 5.75 Å². The maximum Gasteiger partial charge on any atom is 0.242 e. The number of carbonyl (C=O) groups excluding carboxylic acids is 2. The molecule has 1 N–H and O–H groups in total. The van der Waals surface area contributed by atoms with Crippen LogP contribution < -0.4 is 14.4 Å². The zero-order valence-corrected chi connectivity index (χ0v) is 22.6. The van der Waals surface area contributed by atoms with Gasteiger partial charge in [-0.3, -0.25) is 13.9 Å². The zero-order chi connectivity index (χ0) is 26.6. The van der Waals surface area contributed by atoms with E-state index >= 15 is 0 Å². The maximum absolute atomic E-state index is 13.4. The molecule has 0 fully saturated rings. The van der Waals surface area contributed by atoms with E-state index in [-0.39, 0.29) is 24.8 Å². The Morgan fingerprint density at radius 3 is 2.36 bits per heavy atom. The molecule has 8 nitrogen and oxygen atoms in total. The Kier molecular flexibility index (Phi) is 11.7. The molecule has 2 amide bonds. The van der Waals surface area contributed by atoms with E-state index < -0.39 is 16.1 Å². The monoisotopic (exact) mass is 517 g/mol. The topological polar surface area (TPSA) is 96.0 Å². The Morgan fingerprint density at radius 2 is 1.75 bits per heavy atom. The average molecular weight is 518 g/mol. The van der Waals surface area contributed by atoms with E-state index in [1.807, 2.05) is 37.3 Å². The highest BCUT2D eigenvalue weighted by Gasteiger charge is 2.28. The maximum atomic E-state index is 13.4. The Labute approximate surface area is 215 Å². The van der Waals surface area contributed by atoms with Gasteiger partial charge in [-0.15, -0.1) is 0 Å². The Morgan fingerprint density at radius 1 is 1.03 bits per heavy atom. The smallest absolute Gasteiger partial charge is 0.242 e. The highest BCUT2D eigenvalue weighted by atomic mass is 32.2. The number of anilines is 1. The van der Waals surface area contributed by atoms with Gasteiger partial charge in [0.05, 0.1) is 19.1 Å². The van der Waals surface area contributed by atoms with Crippen LogP contribution in [0, 0.1) is 0 Å². The van der Waals surface area contributed by atoms with Crippen molar-refractivity contribution in [1.29, 1.82) is 0 Å². The molecule has 0 aliphatic carbocycles. The summed E-state index contributed by atoms with van der Waals surface area (Å²) in [7, 11) is -2.05. The number of unbranched alkanes of at least 4 members (excludes halogenated alkanes) is 1. The van der Waals surface area contributed by atoms with Gasteiger partial charge in [0.2, 0.25) is 21.8 Å². The van der Waals surface area contributed by atoms with Crippen LogP contribution in [0.4, 0.5) is 5.69 Å². The van der Waals surface area contributed by atoms with Crippen LogP contribution in [0.15, 0.2) is 54.6 Å². The third-order valence-corrected chi connectivity index (χ3v) is 7.10. The van der Waals surface area contributed by atoms with E-state index in [0.717, 1.165) is 24.7 Å². The Hall–Kier alpha value is -3.07. The number of benzene rings is 2. The van der Waals surface area contributed by atoms with Crippen molar-refractivity contribution < 1.29 is 22.7 Å². The highest BCUT2D eigenvalue weighted by Crippen LogP contribution is 2.24. The van der Waals surface area contributed by atoms with Crippen molar-refractivity contribution in [3.05, 3.63) is 60.2 Å². The summed E-state index contributed by atoms with van der Waals surface area (Å²) in [6.45, 7) is 4.97. The number of amides is 2. The average Bonchev–Trinajstić information content (AvgIpc) is 2.86. The summed E-state index contributed by atoms with van der Waals surface area (Å²) in [5.74, 6) is 0.200. The predicted octanol–water partition coefficient (Wildman–Crippen LogP) is 3.97. The zero-order valence-electron chi connectivity index (χ0n) is 21.8. The minimum absolute atomic E-state index is 0.113. The normalized spacial score (nSPS) is 12.0. The number of nitrogens with one attached hydrogen (secondary N) is 1. The van der Waals surface area contributed by atoms with Crippen molar-refractivity contribution in [3.63, 3.8) is 0 Å². The first-order valence-electron chi connectivity index (χ1n) is 12.4. The van der Waals surface area contributed by atoms with E-state index in [1.54, 1.807) is 29.2 Å². The molecule has 0 radical (unpaired) electrons. The van der Waals surface area contributed by atoms with Crippen molar-refractivity contribution in [2.75, 3.05) is 30.8 Å². The molecule has 0 aliphatic heterocycles. The molecule has 36 heavy (non-hydrogen) atoms. The number of nitrogens with zero attached hydrogens (tertiary/aromatic N) is 2. The molecule has 0 saturated carbocycles. The first-order valence-corrected chi connectivity index (χ1v) is 14.3. The quantitative estimate of drug-likeness (QED) is 0.361. The van der Waals surface area contributed by atoms with Crippen LogP contribution in [0.1, 0.15) is 51.5 Å². The summed E-state index contributed by atoms with van der Waals surface area (Å²) in [6, 6.07) is 15.8. The number of hydrogen-bond donors (Lipinski definition) is 1. The van der Waals surface area contributed by atoms with Gasteiger partial charge in [0, 0.05) is 32.1 Å². The molecule has 0 bridgehead atoms. The molecule has 2 aromatic rings. The lowest BCUT2D eigenvalue weighted by atomic mass is 10.1. The lowest BCUT2D eigenvalue weighted by molar-refractivity contribution is -0.141. The predicted molar refractivity (Wildman–Crippen MR) is 143 cm³/mol. The minimum Gasteiger partial charge on any atom is -0.497 e. The second kappa shape index (κ2) is 14.5. The van der Waals surface area contributed by atoms with Gasteiger partial charge in [0.15, 0.2) is 0 Å². The molecule has 1 unspecified atom stereocenters. The van der Waals surface area contributed by atoms with Gasteiger partial charge in [-0.05, 0) is 37.0 Å². The van der Waals surface area contributed by atoms with Crippen LogP contribution in [0.25, 0.3) is 0 Å². The molecule has 0 saturated heterocycles. The van der Waals surface area contributed by atoms with Crippen molar-refractivity contribution in [3.8, 4) is 5.75 Å². The first-order chi connectivity index (χ1) is 17.2. The second-order valence-electron chi connectivity index (χ2n) is 8.72. The van der Waals surface area contributed by atoms with Crippen LogP contribution in [0.3, 0.4) is 0 Å². The number of methoxy groups -OCH3 is 1. The van der Waals surface area contributed by atoms with Crippen LogP contribution in [0.2, 0.25) is 0 Å². The van der Waals surface area contributed by atoms with Crippen molar-refractivity contribution in [2.24, 2.45) is 0 Å². The number of sulfonamides is 1. The fourth-order valence-electron chi connectivity index (χ4n) is 3.98. The number of rotatable bonds is 15. The molecule has 0 aliphatic rings. The summed E-state index contributed by atoms with van der Waals surface area (Å²) >= 11 is 0. The molecular weight excluding hydrogens is 478 g/mol. The van der Waals surface area contributed by atoms with Gasteiger partial charge >= 0.3 is 0 Å². The Bertz CT molecular complexity index is 1080. The number of ether oxygens (including phenoxy) is 1. The summed E-state index contributed by atoms with van der Waals surface area (Å²) in [6.07, 6.45) is 3.89. The highest BCUT2D eigenvalue weighted by molar-refractivity contribution is 7.92. The molecule has 1 atom stereocenters. The van der Waals surface area contributed by atoms with E-state index in [0.29, 0.717) is 37.4 Å². The fraction of sp³-hybridized carbons (Fsp3) is 0.481. The first kappa shape index (κ1) is 29.2. The van der Waals surface area contributed by atoms with Gasteiger partial charge in [0.25, 0.3) is 0 Å². The fourth-order valence-corrected chi connectivity index (χ4v) is 4.93. The Balaban J connectivity index is 2.17. The molecule has 0 spiro atoms. The second-order valence-corrected chi connectivity index (χ2v) is 10.6. The van der Waals surface area contributed by atoms with E-state index in [4.69, 9.17) is 4.74 Å². The van der Waals surface area contributed by atoms with Gasteiger partial charge in [-0.2, -0.15) is 0 Å². The van der Waals surface area contributed by atoms with Crippen LogP contribution >= 0.6 is 0 Å².